The van der Waals surface area contributed by atoms with Gasteiger partial charge in [0.05, 0.1) is 0 Å². The normalized spacial score (nSPS) is 11.1. The first-order chi connectivity index (χ1) is 12.8. The van der Waals surface area contributed by atoms with Crippen LogP contribution in [0.5, 0.6) is 0 Å². The van der Waals surface area contributed by atoms with Crippen molar-refractivity contribution in [2.75, 3.05) is 13.1 Å². The summed E-state index contributed by atoms with van der Waals surface area (Å²) in [7, 11) is 0. The van der Waals surface area contributed by atoms with E-state index >= 15 is 0 Å². The molecule has 2 N–H and O–H groups in total. The van der Waals surface area contributed by atoms with E-state index in [0.717, 1.165) is 11.1 Å². The Kier molecular flexibility index (Phi) is 7.05. The van der Waals surface area contributed by atoms with Gasteiger partial charge in [0.1, 0.15) is 17.0 Å². The summed E-state index contributed by atoms with van der Waals surface area (Å²) in [5.41, 5.74) is 0.586. The van der Waals surface area contributed by atoms with Crippen molar-refractivity contribution in [1.82, 2.24) is 10.6 Å². The lowest BCUT2D eigenvalue weighted by atomic mass is 9.91. The summed E-state index contributed by atoms with van der Waals surface area (Å²) in [6.07, 6.45) is 1.10. The molecule has 2 rings (SSSR count). The predicted octanol–water partition coefficient (Wildman–Crippen LogP) is 3.01. The number of hydrogen-bond acceptors (Lipinski definition) is 2. The van der Waals surface area contributed by atoms with Crippen molar-refractivity contribution in [3.8, 4) is 0 Å². The number of nitrogens with one attached hydrogen (secondary N) is 2. The SMILES string of the molecule is CC(C)(C(=O)NCCc1ccc(F)cc1)C(=O)NCCc1ccc(F)cc1. The molecule has 2 aromatic rings. The lowest BCUT2D eigenvalue weighted by molar-refractivity contribution is -0.141. The lowest BCUT2D eigenvalue weighted by Crippen LogP contribution is -2.48. The molecular formula is C21H24F2N2O2. The molecule has 0 aliphatic carbocycles. The van der Waals surface area contributed by atoms with Gasteiger partial charge >= 0.3 is 0 Å². The summed E-state index contributed by atoms with van der Waals surface area (Å²) in [4.78, 5) is 24.7. The lowest BCUT2D eigenvalue weighted by Gasteiger charge is -2.22. The molecule has 0 saturated heterocycles. The van der Waals surface area contributed by atoms with Gasteiger partial charge in [-0.1, -0.05) is 24.3 Å². The molecule has 27 heavy (non-hydrogen) atoms. The van der Waals surface area contributed by atoms with Gasteiger partial charge in [0.15, 0.2) is 0 Å². The Labute approximate surface area is 158 Å². The number of rotatable bonds is 8. The molecule has 144 valence electrons. The Morgan fingerprint density at radius 2 is 1.07 bits per heavy atom. The van der Waals surface area contributed by atoms with E-state index < -0.39 is 5.41 Å². The average molecular weight is 374 g/mol. The van der Waals surface area contributed by atoms with Crippen molar-refractivity contribution in [2.45, 2.75) is 26.7 Å². The van der Waals surface area contributed by atoms with E-state index in [1.807, 2.05) is 0 Å². The van der Waals surface area contributed by atoms with Gasteiger partial charge in [-0.05, 0) is 62.1 Å². The first-order valence-corrected chi connectivity index (χ1v) is 8.84. The molecule has 0 radical (unpaired) electrons. The van der Waals surface area contributed by atoms with Crippen LogP contribution in [0, 0.1) is 17.0 Å². The molecule has 2 aromatic carbocycles. The van der Waals surface area contributed by atoms with E-state index in [4.69, 9.17) is 0 Å². The van der Waals surface area contributed by atoms with Crippen molar-refractivity contribution in [3.05, 3.63) is 71.3 Å². The van der Waals surface area contributed by atoms with Crippen LogP contribution in [0.2, 0.25) is 0 Å². The zero-order valence-electron chi connectivity index (χ0n) is 15.5. The zero-order valence-corrected chi connectivity index (χ0v) is 15.5. The zero-order chi connectivity index (χ0) is 19.9. The largest absolute Gasteiger partial charge is 0.355 e. The van der Waals surface area contributed by atoms with Crippen LogP contribution in [0.3, 0.4) is 0 Å². The van der Waals surface area contributed by atoms with Gasteiger partial charge in [-0.25, -0.2) is 8.78 Å². The Morgan fingerprint density at radius 3 is 1.41 bits per heavy atom. The minimum Gasteiger partial charge on any atom is -0.355 e. The Morgan fingerprint density at radius 1 is 0.741 bits per heavy atom. The molecule has 0 aromatic heterocycles. The van der Waals surface area contributed by atoms with Crippen molar-refractivity contribution >= 4 is 11.8 Å². The van der Waals surface area contributed by atoms with Gasteiger partial charge in [-0.3, -0.25) is 9.59 Å². The van der Waals surface area contributed by atoms with Gasteiger partial charge in [-0.15, -0.1) is 0 Å². The highest BCUT2D eigenvalue weighted by molar-refractivity contribution is 6.04. The van der Waals surface area contributed by atoms with E-state index in [1.165, 1.54) is 24.3 Å². The number of carbonyl (C=O) groups is 2. The van der Waals surface area contributed by atoms with Gasteiger partial charge in [-0.2, -0.15) is 0 Å². The van der Waals surface area contributed by atoms with Crippen LogP contribution in [0.4, 0.5) is 8.78 Å². The molecule has 0 heterocycles. The van der Waals surface area contributed by atoms with Crippen LogP contribution >= 0.6 is 0 Å². The summed E-state index contributed by atoms with van der Waals surface area (Å²) < 4.78 is 25.8. The highest BCUT2D eigenvalue weighted by atomic mass is 19.1. The third-order valence-electron chi connectivity index (χ3n) is 4.36. The van der Waals surface area contributed by atoms with Crippen LogP contribution < -0.4 is 10.6 Å². The first kappa shape index (κ1) is 20.6. The fourth-order valence-corrected chi connectivity index (χ4v) is 2.49. The van der Waals surface area contributed by atoms with Crippen LogP contribution in [-0.4, -0.2) is 24.9 Å². The monoisotopic (exact) mass is 374 g/mol. The third-order valence-corrected chi connectivity index (χ3v) is 4.36. The van der Waals surface area contributed by atoms with Gasteiger partial charge < -0.3 is 10.6 Å². The highest BCUT2D eigenvalue weighted by Gasteiger charge is 2.35. The molecule has 0 bridgehead atoms. The molecule has 0 spiro atoms. The van der Waals surface area contributed by atoms with E-state index in [0.29, 0.717) is 25.9 Å². The minimum absolute atomic E-state index is 0.304. The Bertz CT molecular complexity index is 706. The average Bonchev–Trinajstić information content (AvgIpc) is 2.64. The number of benzene rings is 2. The molecule has 4 nitrogen and oxygen atoms in total. The van der Waals surface area contributed by atoms with Crippen LogP contribution in [-0.2, 0) is 22.4 Å². The molecule has 6 heteroatoms. The van der Waals surface area contributed by atoms with Gasteiger partial charge in [0.25, 0.3) is 0 Å². The second-order valence-corrected chi connectivity index (χ2v) is 6.89. The maximum Gasteiger partial charge on any atom is 0.235 e. The summed E-state index contributed by atoms with van der Waals surface area (Å²) in [6, 6.07) is 12.1. The summed E-state index contributed by atoms with van der Waals surface area (Å²) >= 11 is 0. The van der Waals surface area contributed by atoms with Crippen molar-refractivity contribution in [3.63, 3.8) is 0 Å². The first-order valence-electron chi connectivity index (χ1n) is 8.84. The molecule has 0 fully saturated rings. The smallest absolute Gasteiger partial charge is 0.235 e. The number of carbonyl (C=O) groups excluding carboxylic acids is 2. The van der Waals surface area contributed by atoms with Crippen LogP contribution in [0.25, 0.3) is 0 Å². The molecule has 0 aliphatic rings. The van der Waals surface area contributed by atoms with Gasteiger partial charge in [0.2, 0.25) is 11.8 Å². The van der Waals surface area contributed by atoms with E-state index in [1.54, 1.807) is 38.1 Å². The fraction of sp³-hybridized carbons (Fsp3) is 0.333. The van der Waals surface area contributed by atoms with Gasteiger partial charge in [0, 0.05) is 13.1 Å². The molecule has 2 amide bonds. The van der Waals surface area contributed by atoms with Crippen molar-refractivity contribution in [2.24, 2.45) is 5.41 Å². The molecule has 0 saturated carbocycles. The van der Waals surface area contributed by atoms with E-state index in [-0.39, 0.29) is 23.4 Å². The standard InChI is InChI=1S/C21H24F2N2O2/c1-21(2,19(26)24-13-11-15-3-7-17(22)8-4-15)20(27)25-14-12-16-5-9-18(23)10-6-16/h3-10H,11-14H2,1-2H3,(H,24,26)(H,25,27). The predicted molar refractivity (Wildman–Crippen MR) is 100 cm³/mol. The quantitative estimate of drug-likeness (QED) is 0.698. The van der Waals surface area contributed by atoms with Crippen LogP contribution in [0.15, 0.2) is 48.5 Å². The van der Waals surface area contributed by atoms with Crippen LogP contribution in [0.1, 0.15) is 25.0 Å². The summed E-state index contributed by atoms with van der Waals surface area (Å²) in [5.74, 6) is -1.35. The summed E-state index contributed by atoms with van der Waals surface area (Å²) in [6.45, 7) is 3.84. The molecule has 0 unspecified atom stereocenters. The second kappa shape index (κ2) is 9.26. The second-order valence-electron chi connectivity index (χ2n) is 6.89. The minimum atomic E-state index is -1.22. The van der Waals surface area contributed by atoms with Crippen molar-refractivity contribution in [1.29, 1.82) is 0 Å². The van der Waals surface area contributed by atoms with E-state index in [2.05, 4.69) is 10.6 Å². The Hall–Kier alpha value is -2.76. The molecule has 0 aliphatic heterocycles. The van der Waals surface area contributed by atoms with Crippen molar-refractivity contribution < 1.29 is 18.4 Å². The van der Waals surface area contributed by atoms with E-state index in [9.17, 15) is 18.4 Å². The highest BCUT2D eigenvalue weighted by Crippen LogP contribution is 2.15. The maximum atomic E-state index is 12.9. The molecular weight excluding hydrogens is 350 g/mol. The Balaban J connectivity index is 1.76. The number of hydrogen-bond donors (Lipinski definition) is 2. The maximum absolute atomic E-state index is 12.9. The fourth-order valence-electron chi connectivity index (χ4n) is 2.49. The third kappa shape index (κ3) is 6.16. The topological polar surface area (TPSA) is 58.2 Å². The number of halogens is 2. The number of amides is 2. The molecule has 0 atom stereocenters. The summed E-state index contributed by atoms with van der Waals surface area (Å²) in [5, 5.41) is 5.49.